The zero-order chi connectivity index (χ0) is 14.1. The number of hydrogen-bond donors (Lipinski definition) is 1. The van der Waals surface area contributed by atoms with Crippen molar-refractivity contribution in [1.82, 2.24) is 19.9 Å². The number of rotatable bonds is 3. The minimum absolute atomic E-state index is 0.383. The van der Waals surface area contributed by atoms with Crippen molar-refractivity contribution in [1.29, 1.82) is 0 Å². The number of nitrogens with zero attached hydrogens (tertiary/aromatic N) is 3. The van der Waals surface area contributed by atoms with E-state index in [2.05, 4.69) is 32.7 Å². The average molecular weight is 302 g/mol. The highest BCUT2D eigenvalue weighted by molar-refractivity contribution is 7.99. The number of nitrogens with one attached hydrogen (secondary N) is 1. The van der Waals surface area contributed by atoms with Gasteiger partial charge in [0, 0.05) is 17.9 Å². The normalized spacial score (nSPS) is 26.5. The van der Waals surface area contributed by atoms with E-state index in [-0.39, 0.29) is 0 Å². The number of pyridine rings is 1. The number of fused-ring (bicyclic) bond motifs is 1. The maximum Gasteiger partial charge on any atom is 0.161 e. The van der Waals surface area contributed by atoms with Gasteiger partial charge in [-0.05, 0) is 50.1 Å². The smallest absolute Gasteiger partial charge is 0.161 e. The lowest BCUT2D eigenvalue weighted by molar-refractivity contribution is 0.457. The lowest BCUT2D eigenvalue weighted by Crippen LogP contribution is -2.24. The summed E-state index contributed by atoms with van der Waals surface area (Å²) < 4.78 is 2.37. The number of aromatic nitrogens is 3. The molecule has 2 aromatic rings. The Balaban J connectivity index is 1.70. The zero-order valence-electron chi connectivity index (χ0n) is 12.3. The van der Waals surface area contributed by atoms with Crippen LogP contribution in [0.2, 0.25) is 0 Å². The van der Waals surface area contributed by atoms with Crippen molar-refractivity contribution in [2.45, 2.75) is 49.9 Å². The first-order valence-electron chi connectivity index (χ1n) is 8.08. The van der Waals surface area contributed by atoms with E-state index in [1.807, 2.05) is 12.3 Å². The van der Waals surface area contributed by atoms with Gasteiger partial charge < -0.3 is 0 Å². The summed E-state index contributed by atoms with van der Waals surface area (Å²) in [6.45, 7) is 1.11. The summed E-state index contributed by atoms with van der Waals surface area (Å²) in [6, 6.07) is 4.08. The molecule has 21 heavy (non-hydrogen) atoms. The molecule has 2 unspecified atom stereocenters. The van der Waals surface area contributed by atoms with E-state index in [4.69, 9.17) is 4.98 Å². The number of thioether (sulfide) groups is 1. The van der Waals surface area contributed by atoms with Crippen molar-refractivity contribution < 1.29 is 0 Å². The van der Waals surface area contributed by atoms with E-state index >= 15 is 0 Å². The monoisotopic (exact) mass is 302 g/mol. The molecule has 0 amide bonds. The second kappa shape index (κ2) is 5.97. The Hall–Kier alpha value is -1.07. The van der Waals surface area contributed by atoms with Crippen LogP contribution in [0.25, 0.3) is 11.2 Å². The van der Waals surface area contributed by atoms with Crippen molar-refractivity contribution in [3.63, 3.8) is 0 Å². The van der Waals surface area contributed by atoms with Crippen LogP contribution in [0.4, 0.5) is 0 Å². The lowest BCUT2D eigenvalue weighted by atomic mass is 10.1. The summed E-state index contributed by atoms with van der Waals surface area (Å²) >= 11 is 2.13. The van der Waals surface area contributed by atoms with Crippen LogP contribution >= 0.6 is 11.8 Å². The third kappa shape index (κ3) is 2.69. The van der Waals surface area contributed by atoms with Crippen LogP contribution in [0.3, 0.4) is 0 Å². The molecule has 0 aliphatic carbocycles. The Morgan fingerprint density at radius 3 is 3.10 bits per heavy atom. The van der Waals surface area contributed by atoms with Crippen molar-refractivity contribution in [2.24, 2.45) is 0 Å². The largest absolute Gasteiger partial charge is 0.297 e. The summed E-state index contributed by atoms with van der Waals surface area (Å²) in [7, 11) is 0. The molecule has 4 rings (SSSR count). The molecule has 2 fully saturated rings. The highest BCUT2D eigenvalue weighted by Gasteiger charge is 2.25. The van der Waals surface area contributed by atoms with Gasteiger partial charge in [-0.25, -0.2) is 9.97 Å². The van der Waals surface area contributed by atoms with E-state index < -0.39 is 0 Å². The maximum atomic E-state index is 4.90. The van der Waals surface area contributed by atoms with Gasteiger partial charge in [-0.1, -0.05) is 6.42 Å². The lowest BCUT2D eigenvalue weighted by Gasteiger charge is -2.23. The second-order valence-electron chi connectivity index (χ2n) is 6.05. The van der Waals surface area contributed by atoms with Crippen LogP contribution in [0.5, 0.6) is 0 Å². The molecular weight excluding hydrogens is 280 g/mol. The standard InChI is InChI=1S/C16H22N4S/c1-2-10-21-12(5-1)11-15-19-13-6-3-9-18-16(13)20(15)14-7-4-8-17-14/h3,6,9,12,14,17H,1-2,4-5,7-8,10-11H2. The molecule has 5 heteroatoms. The molecule has 1 N–H and O–H groups in total. The summed E-state index contributed by atoms with van der Waals surface area (Å²) in [5.74, 6) is 2.53. The highest BCUT2D eigenvalue weighted by Crippen LogP contribution is 2.30. The summed E-state index contributed by atoms with van der Waals surface area (Å²) in [4.78, 5) is 9.49. The minimum atomic E-state index is 0.383. The molecule has 4 nitrogen and oxygen atoms in total. The van der Waals surface area contributed by atoms with Gasteiger partial charge in [-0.3, -0.25) is 9.88 Å². The predicted molar refractivity (Wildman–Crippen MR) is 87.6 cm³/mol. The van der Waals surface area contributed by atoms with E-state index in [0.29, 0.717) is 6.17 Å². The zero-order valence-corrected chi connectivity index (χ0v) is 13.1. The Labute approximate surface area is 129 Å². The van der Waals surface area contributed by atoms with Gasteiger partial charge in [-0.2, -0.15) is 11.8 Å². The third-order valence-corrected chi connectivity index (χ3v) is 5.95. The van der Waals surface area contributed by atoms with Gasteiger partial charge in [0.2, 0.25) is 0 Å². The molecule has 0 saturated carbocycles. The Morgan fingerprint density at radius 2 is 2.29 bits per heavy atom. The Morgan fingerprint density at radius 1 is 1.29 bits per heavy atom. The second-order valence-corrected chi connectivity index (χ2v) is 7.46. The van der Waals surface area contributed by atoms with E-state index in [1.165, 1.54) is 43.7 Å². The highest BCUT2D eigenvalue weighted by atomic mass is 32.2. The maximum absolute atomic E-state index is 4.90. The molecule has 0 spiro atoms. The first-order valence-corrected chi connectivity index (χ1v) is 9.13. The predicted octanol–water partition coefficient (Wildman–Crippen LogP) is 3.14. The van der Waals surface area contributed by atoms with Crippen molar-refractivity contribution in [2.75, 3.05) is 12.3 Å². The summed E-state index contributed by atoms with van der Waals surface area (Å²) in [5, 5.41) is 4.34. The van der Waals surface area contributed by atoms with Gasteiger partial charge in [0.15, 0.2) is 5.65 Å². The summed E-state index contributed by atoms with van der Waals surface area (Å²) in [6.07, 6.45) is 9.86. The molecule has 2 aromatic heterocycles. The third-order valence-electron chi connectivity index (χ3n) is 4.55. The number of hydrogen-bond acceptors (Lipinski definition) is 4. The molecule has 2 atom stereocenters. The van der Waals surface area contributed by atoms with E-state index in [0.717, 1.165) is 29.4 Å². The van der Waals surface area contributed by atoms with Gasteiger partial charge in [-0.15, -0.1) is 0 Å². The van der Waals surface area contributed by atoms with Crippen LogP contribution in [0, 0.1) is 0 Å². The first kappa shape index (κ1) is 13.6. The average Bonchev–Trinajstić information content (AvgIpc) is 3.14. The van der Waals surface area contributed by atoms with Crippen LogP contribution in [0.1, 0.15) is 44.1 Å². The molecule has 0 bridgehead atoms. The molecule has 112 valence electrons. The van der Waals surface area contributed by atoms with Crippen molar-refractivity contribution in [3.05, 3.63) is 24.2 Å². The Kier molecular flexibility index (Phi) is 3.86. The van der Waals surface area contributed by atoms with Crippen LogP contribution in [-0.2, 0) is 6.42 Å². The molecule has 2 aliphatic heterocycles. The Bertz CT molecular complexity index is 612. The molecular formula is C16H22N4S. The van der Waals surface area contributed by atoms with Crippen LogP contribution in [0.15, 0.2) is 18.3 Å². The molecule has 0 radical (unpaired) electrons. The first-order chi connectivity index (χ1) is 10.4. The number of imidazole rings is 1. The van der Waals surface area contributed by atoms with Crippen LogP contribution < -0.4 is 5.32 Å². The summed E-state index contributed by atoms with van der Waals surface area (Å²) in [5.41, 5.74) is 2.09. The fourth-order valence-corrected chi connectivity index (χ4v) is 4.81. The quantitative estimate of drug-likeness (QED) is 0.946. The molecule has 2 aliphatic rings. The minimum Gasteiger partial charge on any atom is -0.297 e. The van der Waals surface area contributed by atoms with Crippen LogP contribution in [-0.4, -0.2) is 32.1 Å². The fraction of sp³-hybridized carbons (Fsp3) is 0.625. The van der Waals surface area contributed by atoms with Gasteiger partial charge in [0.25, 0.3) is 0 Å². The molecule has 0 aromatic carbocycles. The van der Waals surface area contributed by atoms with E-state index in [1.54, 1.807) is 0 Å². The van der Waals surface area contributed by atoms with Gasteiger partial charge in [0.1, 0.15) is 11.3 Å². The van der Waals surface area contributed by atoms with Crippen molar-refractivity contribution in [3.8, 4) is 0 Å². The SMILES string of the molecule is c1cnc2c(c1)nc(CC1CCCCS1)n2C1CCCN1. The van der Waals surface area contributed by atoms with Gasteiger partial charge in [0.05, 0.1) is 6.17 Å². The topological polar surface area (TPSA) is 42.7 Å². The van der Waals surface area contributed by atoms with E-state index in [9.17, 15) is 0 Å². The molecule has 4 heterocycles. The van der Waals surface area contributed by atoms with Gasteiger partial charge >= 0.3 is 0 Å². The fourth-order valence-electron chi connectivity index (χ4n) is 3.51. The molecule has 2 saturated heterocycles. The van der Waals surface area contributed by atoms with Crippen molar-refractivity contribution >= 4 is 22.9 Å².